The Morgan fingerprint density at radius 2 is 1.82 bits per heavy atom. The van der Waals surface area contributed by atoms with Crippen LogP contribution in [0.15, 0.2) is 24.3 Å². The number of ether oxygens (including phenoxy) is 2. The third-order valence-electron chi connectivity index (χ3n) is 4.21. The minimum Gasteiger partial charge on any atom is -0.462 e. The van der Waals surface area contributed by atoms with Crippen LogP contribution >= 0.6 is 0 Å². The van der Waals surface area contributed by atoms with Gasteiger partial charge in [0.1, 0.15) is 5.75 Å². The molecule has 0 saturated carbocycles. The molecule has 0 aliphatic carbocycles. The second kappa shape index (κ2) is 9.45. The zero-order valence-corrected chi connectivity index (χ0v) is 16.3. The van der Waals surface area contributed by atoms with Gasteiger partial charge < -0.3 is 14.5 Å². The molecule has 0 saturated heterocycles. The van der Waals surface area contributed by atoms with Gasteiger partial charge in [0, 0.05) is 12.2 Å². The number of ketones is 1. The minimum atomic E-state index is -2.86. The summed E-state index contributed by atoms with van der Waals surface area (Å²) >= 11 is 0. The molecule has 1 aromatic heterocycles. The lowest BCUT2D eigenvalue weighted by Gasteiger charge is -2.16. The number of hydrogen-bond donors (Lipinski definition) is 1. The minimum absolute atomic E-state index is 0.0847. The van der Waals surface area contributed by atoms with Crippen molar-refractivity contribution in [3.05, 3.63) is 52.3 Å². The first-order chi connectivity index (χ1) is 13.2. The molecule has 0 amide bonds. The van der Waals surface area contributed by atoms with Crippen molar-refractivity contribution in [3.8, 4) is 5.75 Å². The maximum Gasteiger partial charge on any atom is 0.387 e. The number of hydrogen-bond acceptors (Lipinski definition) is 5. The lowest BCUT2D eigenvalue weighted by atomic mass is 10.1. The number of aromatic nitrogens is 1. The van der Waals surface area contributed by atoms with Crippen molar-refractivity contribution in [1.82, 2.24) is 9.88 Å². The van der Waals surface area contributed by atoms with Crippen molar-refractivity contribution in [1.29, 1.82) is 0 Å². The van der Waals surface area contributed by atoms with Crippen LogP contribution in [0.2, 0.25) is 0 Å². The Morgan fingerprint density at radius 1 is 1.18 bits per heavy atom. The van der Waals surface area contributed by atoms with Crippen LogP contribution in [0, 0.1) is 13.8 Å². The van der Waals surface area contributed by atoms with Crippen molar-refractivity contribution in [2.45, 2.75) is 33.9 Å². The van der Waals surface area contributed by atoms with Gasteiger partial charge in [0.2, 0.25) is 0 Å². The summed E-state index contributed by atoms with van der Waals surface area (Å²) in [6.07, 6.45) is 0. The van der Waals surface area contributed by atoms with Crippen LogP contribution < -0.4 is 4.74 Å². The molecule has 152 valence electrons. The zero-order chi connectivity index (χ0) is 20.8. The van der Waals surface area contributed by atoms with Gasteiger partial charge in [0.25, 0.3) is 0 Å². The summed E-state index contributed by atoms with van der Waals surface area (Å²) < 4.78 is 33.7. The number of carbonyl (C=O) groups excluding carboxylic acids is 2. The molecule has 0 aliphatic rings. The Labute approximate surface area is 162 Å². The quantitative estimate of drug-likeness (QED) is 0.518. The van der Waals surface area contributed by atoms with E-state index in [2.05, 4.69) is 9.72 Å². The molecular weight excluding hydrogens is 370 g/mol. The molecule has 1 heterocycles. The van der Waals surface area contributed by atoms with Gasteiger partial charge in [-0.3, -0.25) is 9.69 Å². The van der Waals surface area contributed by atoms with Crippen LogP contribution in [-0.2, 0) is 11.3 Å². The molecule has 8 heteroatoms. The Balaban J connectivity index is 2.02. The van der Waals surface area contributed by atoms with E-state index in [0.29, 0.717) is 29.1 Å². The van der Waals surface area contributed by atoms with Crippen LogP contribution in [0.4, 0.5) is 8.78 Å². The van der Waals surface area contributed by atoms with Gasteiger partial charge in [-0.05, 0) is 51.1 Å². The number of alkyl halides is 2. The van der Waals surface area contributed by atoms with Gasteiger partial charge in [0.15, 0.2) is 5.78 Å². The largest absolute Gasteiger partial charge is 0.462 e. The number of esters is 1. The predicted octanol–water partition coefficient (Wildman–Crippen LogP) is 3.72. The van der Waals surface area contributed by atoms with Gasteiger partial charge in [-0.1, -0.05) is 12.1 Å². The fourth-order valence-electron chi connectivity index (χ4n) is 3.01. The number of likely N-dealkylation sites (N-methyl/N-ethyl adjacent to an activating group) is 1. The predicted molar refractivity (Wildman–Crippen MR) is 100.0 cm³/mol. The number of aromatic amines is 1. The molecule has 1 aromatic carbocycles. The number of aryl methyl sites for hydroxylation is 1. The highest BCUT2D eigenvalue weighted by molar-refractivity contribution is 6.02. The highest BCUT2D eigenvalue weighted by atomic mass is 19.3. The summed E-state index contributed by atoms with van der Waals surface area (Å²) in [6.45, 7) is 3.13. The Bertz CT molecular complexity index is 831. The van der Waals surface area contributed by atoms with Crippen molar-refractivity contribution in [2.24, 2.45) is 0 Å². The zero-order valence-electron chi connectivity index (χ0n) is 16.3. The maximum atomic E-state index is 12.7. The average molecular weight is 394 g/mol. The smallest absolute Gasteiger partial charge is 0.387 e. The van der Waals surface area contributed by atoms with Crippen LogP contribution in [0.25, 0.3) is 0 Å². The number of halogens is 2. The van der Waals surface area contributed by atoms with Gasteiger partial charge in [-0.25, -0.2) is 4.79 Å². The summed E-state index contributed by atoms with van der Waals surface area (Å²) in [5.74, 6) is -0.523. The molecule has 0 radical (unpaired) electrons. The molecule has 28 heavy (non-hydrogen) atoms. The fraction of sp³-hybridized carbons (Fsp3) is 0.400. The Morgan fingerprint density at radius 3 is 2.39 bits per heavy atom. The second-order valence-corrected chi connectivity index (χ2v) is 6.46. The van der Waals surface area contributed by atoms with Gasteiger partial charge in [-0.2, -0.15) is 8.78 Å². The van der Waals surface area contributed by atoms with E-state index in [9.17, 15) is 18.4 Å². The first kappa shape index (κ1) is 21.6. The highest BCUT2D eigenvalue weighted by Crippen LogP contribution is 2.20. The van der Waals surface area contributed by atoms with Gasteiger partial charge in [0.05, 0.1) is 24.4 Å². The number of benzene rings is 1. The van der Waals surface area contributed by atoms with Crippen molar-refractivity contribution < 1.29 is 27.8 Å². The average Bonchev–Trinajstić information content (AvgIpc) is 2.91. The van der Waals surface area contributed by atoms with E-state index in [1.165, 1.54) is 12.1 Å². The molecular formula is C20H24F2N2O4. The van der Waals surface area contributed by atoms with E-state index >= 15 is 0 Å². The van der Waals surface area contributed by atoms with Gasteiger partial charge >= 0.3 is 12.6 Å². The third-order valence-corrected chi connectivity index (χ3v) is 4.21. The van der Waals surface area contributed by atoms with Crippen molar-refractivity contribution in [2.75, 3.05) is 20.2 Å². The van der Waals surface area contributed by atoms with E-state index in [-0.39, 0.29) is 24.7 Å². The second-order valence-electron chi connectivity index (χ2n) is 6.46. The molecule has 0 spiro atoms. The summed E-state index contributed by atoms with van der Waals surface area (Å²) in [5.41, 5.74) is 2.79. The van der Waals surface area contributed by atoms with Crippen LogP contribution in [0.1, 0.15) is 44.6 Å². The van der Waals surface area contributed by atoms with Gasteiger partial charge in [-0.15, -0.1) is 0 Å². The number of nitrogens with zero attached hydrogens (tertiary/aromatic N) is 1. The molecule has 1 N–H and O–H groups in total. The van der Waals surface area contributed by atoms with E-state index in [1.807, 2.05) is 0 Å². The van der Waals surface area contributed by atoms with Crippen molar-refractivity contribution >= 4 is 11.8 Å². The normalized spacial score (nSPS) is 11.1. The van der Waals surface area contributed by atoms with E-state index < -0.39 is 12.6 Å². The molecule has 6 nitrogen and oxygen atoms in total. The molecule has 2 rings (SSSR count). The molecule has 2 aromatic rings. The summed E-state index contributed by atoms with van der Waals surface area (Å²) in [4.78, 5) is 29.5. The Kier molecular flexibility index (Phi) is 7.28. The fourth-order valence-corrected chi connectivity index (χ4v) is 3.01. The molecule has 0 atom stereocenters. The summed E-state index contributed by atoms with van der Waals surface area (Å²) in [5, 5.41) is 0. The number of H-pyrrole nitrogens is 1. The van der Waals surface area contributed by atoms with Crippen LogP contribution in [-0.4, -0.2) is 48.4 Å². The van der Waals surface area contributed by atoms with E-state index in [1.54, 1.807) is 44.9 Å². The molecule has 0 unspecified atom stereocenters. The number of nitrogens with one attached hydrogen (secondary N) is 1. The highest BCUT2D eigenvalue weighted by Gasteiger charge is 2.23. The topological polar surface area (TPSA) is 71.6 Å². The third kappa shape index (κ3) is 5.39. The van der Waals surface area contributed by atoms with E-state index in [0.717, 1.165) is 5.56 Å². The first-order valence-electron chi connectivity index (χ1n) is 8.84. The number of carbonyl (C=O) groups is 2. The van der Waals surface area contributed by atoms with Crippen LogP contribution in [0.3, 0.4) is 0 Å². The standard InChI is InChI=1S/C20H24F2N2O4/c1-5-27-19(26)17-12(2)18(23-13(17)3)16(25)11-24(4)10-14-6-8-15(9-7-14)28-20(21)22/h6-9,20,23H,5,10-11H2,1-4H3. The van der Waals surface area contributed by atoms with Crippen molar-refractivity contribution in [3.63, 3.8) is 0 Å². The number of rotatable bonds is 9. The van der Waals surface area contributed by atoms with E-state index in [4.69, 9.17) is 4.74 Å². The summed E-state index contributed by atoms with van der Waals surface area (Å²) in [6, 6.07) is 6.26. The SMILES string of the molecule is CCOC(=O)c1c(C)[nH]c(C(=O)CN(C)Cc2ccc(OC(F)F)cc2)c1C. The molecule has 0 aliphatic heterocycles. The first-order valence-corrected chi connectivity index (χ1v) is 8.84. The Hall–Kier alpha value is -2.74. The maximum absolute atomic E-state index is 12.7. The summed E-state index contributed by atoms with van der Waals surface area (Å²) in [7, 11) is 1.78. The molecule has 0 bridgehead atoms. The lowest BCUT2D eigenvalue weighted by Crippen LogP contribution is -2.26. The van der Waals surface area contributed by atoms with Crippen LogP contribution in [0.5, 0.6) is 5.75 Å². The molecule has 0 fully saturated rings. The number of Topliss-reactive ketones (excluding diaryl/α,β-unsaturated/α-hetero) is 1. The lowest BCUT2D eigenvalue weighted by molar-refractivity contribution is -0.0498. The monoisotopic (exact) mass is 394 g/mol.